The minimum absolute atomic E-state index is 0. The van der Waals surface area contributed by atoms with Crippen molar-refractivity contribution >= 4 is 10.4 Å². The van der Waals surface area contributed by atoms with Crippen molar-refractivity contribution in [3.63, 3.8) is 0 Å². The van der Waals surface area contributed by atoms with Gasteiger partial charge in [-0.1, -0.05) is 31.6 Å². The topological polar surface area (TPSA) is 337 Å². The number of methoxy groups -OCH3 is 4. The van der Waals surface area contributed by atoms with Gasteiger partial charge in [-0.05, 0) is 129 Å². The van der Waals surface area contributed by atoms with Gasteiger partial charge in [0, 0.05) is 48.1 Å². The van der Waals surface area contributed by atoms with E-state index in [1.807, 2.05) is 12.1 Å². The standard InChI is InChI=1S/C29H40N2O4.C17H19NO3.H2O4S.5H2O/c1-6-18-17-31-10-8-20-14-27(33-3)29(35-5)16-23(20)25(31)12-21(18)11-24-22-15-28(34-4)26(32-2)13-19(22)7-9-30-24;1-18-7-6-17-10-3-5-13(20)16(17)21-15-12(19)4-2-9(14(15)17)8-11(10)18;1-5(2,3)4;;;;;/h13-16,18,21,24-25,30H,6-12,17H2,1-5H3;2-5,10-11,13,16,19-20H,6-8H2,1H3;(H2,1,2,3,4);5*1H2/t18-,21-,24+,25-;10-,11+,13-,16-,17-;;;;;;/m00....../s1. The maximum absolute atomic E-state index is 10.4. The lowest BCUT2D eigenvalue weighted by molar-refractivity contribution is -0.0453. The average molecular weight is 954 g/mol. The van der Waals surface area contributed by atoms with Crippen molar-refractivity contribution in [2.75, 3.05) is 61.7 Å². The SMILES string of the molecule is CC[C@H]1CN2CCc3cc(OC)c(OC)cc3[C@@H]2C[C@@H]1C[C@H]1NCCc2cc(OC)c(OC)cc21.CN1CC[C@]23c4c5ccc(O)c4O[C@H]2[C@@H](O)C=C[C@H]3[C@H]1C5.O.O.O.O.O.O=S(=O)(O)O. The number of phenols is 1. The van der Waals surface area contributed by atoms with E-state index < -0.39 is 16.5 Å². The number of phenolic OH excluding ortho intramolecular Hbond substituents is 1. The highest BCUT2D eigenvalue weighted by Gasteiger charge is 2.64. The quantitative estimate of drug-likeness (QED) is 0.165. The van der Waals surface area contributed by atoms with Gasteiger partial charge in [-0.2, -0.15) is 8.42 Å². The summed E-state index contributed by atoms with van der Waals surface area (Å²) < 4.78 is 60.2. The summed E-state index contributed by atoms with van der Waals surface area (Å²) in [5, 5.41) is 24.5. The van der Waals surface area contributed by atoms with Gasteiger partial charge in [-0.25, -0.2) is 0 Å². The van der Waals surface area contributed by atoms with Crippen molar-refractivity contribution in [1.29, 1.82) is 0 Å². The highest BCUT2D eigenvalue weighted by Crippen LogP contribution is 2.62. The fourth-order valence-electron chi connectivity index (χ4n) is 12.0. The first-order valence-corrected chi connectivity index (χ1v) is 22.9. The summed E-state index contributed by atoms with van der Waals surface area (Å²) in [7, 11) is 4.42. The molecule has 5 aliphatic heterocycles. The summed E-state index contributed by atoms with van der Waals surface area (Å²) in [6.45, 7) is 6.67. The van der Waals surface area contributed by atoms with E-state index in [1.165, 1.54) is 52.8 Å². The normalized spacial score (nSPS) is 28.1. The number of hydrogen-bond acceptors (Lipinski definition) is 12. The molecule has 0 aromatic heterocycles. The Kier molecular flexibility index (Phi) is 18.9. The second kappa shape index (κ2) is 22.2. The molecule has 66 heavy (non-hydrogen) atoms. The minimum atomic E-state index is -4.67. The largest absolute Gasteiger partial charge is 0.504 e. The van der Waals surface area contributed by atoms with Crippen LogP contribution >= 0.6 is 0 Å². The average Bonchev–Trinajstić information content (AvgIpc) is 3.61. The number of likely N-dealkylation sites (tertiary alicyclic amines) is 1. The number of benzene rings is 3. The number of rotatable bonds is 7. The summed E-state index contributed by atoms with van der Waals surface area (Å²) in [5.74, 6) is 5.88. The van der Waals surface area contributed by atoms with Crippen LogP contribution in [0.15, 0.2) is 48.6 Å². The van der Waals surface area contributed by atoms with Gasteiger partial charge in [0.2, 0.25) is 0 Å². The van der Waals surface area contributed by atoms with Crippen LogP contribution in [0.2, 0.25) is 0 Å². The lowest BCUT2D eigenvalue weighted by Crippen LogP contribution is -2.64. The molecule has 372 valence electrons. The number of ether oxygens (including phenoxy) is 5. The number of nitrogens with zero attached hydrogens (tertiary/aromatic N) is 2. The van der Waals surface area contributed by atoms with Crippen LogP contribution in [-0.2, 0) is 35.1 Å². The van der Waals surface area contributed by atoms with Gasteiger partial charge in [0.05, 0.1) is 28.4 Å². The molecule has 10 rings (SSSR count). The molecule has 5 heterocycles. The zero-order valence-corrected chi connectivity index (χ0v) is 39.3. The van der Waals surface area contributed by atoms with Gasteiger partial charge in [0.25, 0.3) is 0 Å². The van der Waals surface area contributed by atoms with Crippen LogP contribution in [-0.4, -0.2) is 145 Å². The van der Waals surface area contributed by atoms with Crippen LogP contribution in [0.5, 0.6) is 34.5 Å². The summed E-state index contributed by atoms with van der Waals surface area (Å²) in [6, 6.07) is 13.8. The van der Waals surface area contributed by atoms with Crippen molar-refractivity contribution in [3.05, 3.63) is 81.9 Å². The van der Waals surface area contributed by atoms with Gasteiger partial charge in [0.1, 0.15) is 12.2 Å². The lowest BCUT2D eigenvalue weighted by Gasteiger charge is -2.56. The summed E-state index contributed by atoms with van der Waals surface area (Å²) >= 11 is 0. The van der Waals surface area contributed by atoms with Crippen molar-refractivity contribution in [2.45, 2.75) is 87.6 Å². The number of hydrogen-bond donors (Lipinski definition) is 5. The minimum Gasteiger partial charge on any atom is -0.504 e. The van der Waals surface area contributed by atoms with Crippen LogP contribution in [0.3, 0.4) is 0 Å². The highest BCUT2D eigenvalue weighted by atomic mass is 32.3. The molecule has 3 aromatic carbocycles. The third kappa shape index (κ3) is 10.1. The van der Waals surface area contributed by atoms with Gasteiger partial charge in [0.15, 0.2) is 34.5 Å². The Hall–Kier alpha value is -4.29. The molecule has 9 atom stereocenters. The second-order valence-electron chi connectivity index (χ2n) is 17.6. The highest BCUT2D eigenvalue weighted by molar-refractivity contribution is 7.79. The molecule has 20 heteroatoms. The molecule has 2 aliphatic carbocycles. The molecule has 2 fully saturated rings. The monoisotopic (exact) mass is 953 g/mol. The van der Waals surface area contributed by atoms with E-state index in [2.05, 4.69) is 59.4 Å². The van der Waals surface area contributed by atoms with E-state index in [1.54, 1.807) is 34.5 Å². The van der Waals surface area contributed by atoms with E-state index >= 15 is 0 Å². The Labute approximate surface area is 386 Å². The van der Waals surface area contributed by atoms with E-state index in [-0.39, 0.29) is 44.6 Å². The first kappa shape index (κ1) is 56.0. The molecule has 0 saturated carbocycles. The first-order valence-electron chi connectivity index (χ1n) is 21.5. The molecule has 0 amide bonds. The maximum atomic E-state index is 10.4. The maximum Gasteiger partial charge on any atom is 0.394 e. The smallest absolute Gasteiger partial charge is 0.394 e. The third-order valence-electron chi connectivity index (χ3n) is 14.8. The lowest BCUT2D eigenvalue weighted by atomic mass is 9.53. The predicted molar refractivity (Wildman–Crippen MR) is 248 cm³/mol. The van der Waals surface area contributed by atoms with Crippen LogP contribution in [0.1, 0.15) is 78.1 Å². The van der Waals surface area contributed by atoms with Crippen molar-refractivity contribution in [3.8, 4) is 34.5 Å². The molecule has 0 unspecified atom stereocenters. The summed E-state index contributed by atoms with van der Waals surface area (Å²) in [4.78, 5) is 5.15. The number of fused-ring (bicyclic) bond motifs is 4. The Morgan fingerprint density at radius 1 is 0.818 bits per heavy atom. The zero-order chi connectivity index (χ0) is 43.4. The Morgan fingerprint density at radius 3 is 2.02 bits per heavy atom. The fourth-order valence-corrected chi connectivity index (χ4v) is 12.0. The fraction of sp³-hybridized carbons (Fsp3) is 0.565. The Morgan fingerprint density at radius 2 is 1.41 bits per heavy atom. The number of aliphatic hydroxyl groups is 1. The van der Waals surface area contributed by atoms with Crippen LogP contribution < -0.4 is 29.0 Å². The molecule has 0 radical (unpaired) electrons. The van der Waals surface area contributed by atoms with E-state index in [4.69, 9.17) is 41.2 Å². The Bertz CT molecular complexity index is 2250. The molecule has 2 bridgehead atoms. The van der Waals surface area contributed by atoms with Gasteiger partial charge in [-0.3, -0.25) is 14.0 Å². The van der Waals surface area contributed by atoms with E-state index in [9.17, 15) is 10.2 Å². The van der Waals surface area contributed by atoms with Gasteiger partial charge < -0.3 is 71.5 Å². The molecular weight excluding hydrogens is 883 g/mol. The molecule has 19 nitrogen and oxygen atoms in total. The van der Waals surface area contributed by atoms with Crippen molar-refractivity contribution < 1.29 is 78.8 Å². The number of aliphatic hydroxyl groups excluding tert-OH is 1. The first-order chi connectivity index (χ1) is 29.2. The third-order valence-corrected chi connectivity index (χ3v) is 14.8. The Balaban J connectivity index is 0.000000319. The van der Waals surface area contributed by atoms with Crippen LogP contribution in [0.4, 0.5) is 0 Å². The molecule has 3 aromatic rings. The van der Waals surface area contributed by atoms with Crippen LogP contribution in [0, 0.1) is 17.8 Å². The summed E-state index contributed by atoms with van der Waals surface area (Å²) in [5.41, 5.74) is 7.89. The molecule has 7 aliphatic rings. The zero-order valence-electron chi connectivity index (χ0n) is 38.5. The predicted octanol–water partition coefficient (Wildman–Crippen LogP) is 1.37. The molecule has 2 saturated heterocycles. The summed E-state index contributed by atoms with van der Waals surface area (Å²) in [6.07, 6.45) is 10.8. The molecule has 15 N–H and O–H groups in total. The van der Waals surface area contributed by atoms with Crippen LogP contribution in [0.25, 0.3) is 0 Å². The van der Waals surface area contributed by atoms with Crippen molar-refractivity contribution in [2.24, 2.45) is 17.8 Å². The number of piperidine rings is 2. The molecule has 1 spiro atoms. The number of likely N-dealkylation sites (N-methyl/N-ethyl adjacent to an activating group) is 1. The van der Waals surface area contributed by atoms with Gasteiger partial charge >= 0.3 is 10.4 Å². The molecular formula is C46H71N3O16S. The van der Waals surface area contributed by atoms with Crippen molar-refractivity contribution in [1.82, 2.24) is 15.1 Å². The second-order valence-corrected chi connectivity index (χ2v) is 18.5. The van der Waals surface area contributed by atoms with Gasteiger partial charge in [-0.15, -0.1) is 0 Å². The number of nitrogens with one attached hydrogen (secondary N) is 1. The van der Waals surface area contributed by atoms with E-state index in [0.717, 1.165) is 74.7 Å². The van der Waals surface area contributed by atoms with E-state index in [0.29, 0.717) is 41.6 Å². The number of aromatic hydroxyl groups is 1.